The minimum atomic E-state index is -0.648. The first kappa shape index (κ1) is 13.6. The number of amides is 1. The first-order valence-corrected chi connectivity index (χ1v) is 7.52. The SMILES string of the molecule is O=C(C(Cl)c1ccc2c(c1)OCCCO2)N1CCCC1. The Labute approximate surface area is 123 Å². The Hall–Kier alpha value is -1.42. The molecule has 0 bridgehead atoms. The molecule has 0 saturated carbocycles. The zero-order valence-corrected chi connectivity index (χ0v) is 12.1. The number of fused-ring (bicyclic) bond motifs is 1. The van der Waals surface area contributed by atoms with E-state index in [9.17, 15) is 4.79 Å². The predicted octanol–water partition coefficient (Wildman–Crippen LogP) is 2.75. The van der Waals surface area contributed by atoms with Crippen molar-refractivity contribution < 1.29 is 14.3 Å². The molecule has 0 radical (unpaired) electrons. The zero-order chi connectivity index (χ0) is 13.9. The van der Waals surface area contributed by atoms with Crippen LogP contribution in [-0.4, -0.2) is 37.1 Å². The van der Waals surface area contributed by atoms with Crippen molar-refractivity contribution in [2.24, 2.45) is 0 Å². The maximum atomic E-state index is 12.3. The topological polar surface area (TPSA) is 38.8 Å². The molecule has 0 spiro atoms. The monoisotopic (exact) mass is 295 g/mol. The third-order valence-corrected chi connectivity index (χ3v) is 4.14. The van der Waals surface area contributed by atoms with Crippen LogP contribution in [0.2, 0.25) is 0 Å². The highest BCUT2D eigenvalue weighted by Gasteiger charge is 2.27. The summed E-state index contributed by atoms with van der Waals surface area (Å²) in [5.74, 6) is 1.39. The number of benzene rings is 1. The van der Waals surface area contributed by atoms with Crippen molar-refractivity contribution >= 4 is 17.5 Å². The first-order valence-electron chi connectivity index (χ1n) is 7.08. The summed E-state index contributed by atoms with van der Waals surface area (Å²) in [6.07, 6.45) is 2.99. The Morgan fingerprint density at radius 3 is 2.55 bits per heavy atom. The van der Waals surface area contributed by atoms with Gasteiger partial charge in [-0.2, -0.15) is 0 Å². The van der Waals surface area contributed by atoms with E-state index >= 15 is 0 Å². The fourth-order valence-corrected chi connectivity index (χ4v) is 2.85. The second-order valence-electron chi connectivity index (χ2n) is 5.15. The lowest BCUT2D eigenvalue weighted by atomic mass is 10.1. The molecule has 20 heavy (non-hydrogen) atoms. The van der Waals surface area contributed by atoms with Gasteiger partial charge < -0.3 is 14.4 Å². The van der Waals surface area contributed by atoms with Gasteiger partial charge in [0.15, 0.2) is 11.5 Å². The van der Waals surface area contributed by atoms with Crippen molar-refractivity contribution in [3.05, 3.63) is 23.8 Å². The van der Waals surface area contributed by atoms with E-state index < -0.39 is 5.38 Å². The Balaban J connectivity index is 1.79. The molecule has 1 fully saturated rings. The summed E-state index contributed by atoms with van der Waals surface area (Å²) in [6, 6.07) is 5.51. The van der Waals surface area contributed by atoms with Crippen molar-refractivity contribution in [3.63, 3.8) is 0 Å². The van der Waals surface area contributed by atoms with E-state index in [1.54, 1.807) is 0 Å². The fourth-order valence-electron chi connectivity index (χ4n) is 2.58. The molecule has 0 aromatic heterocycles. The molecule has 2 heterocycles. The minimum absolute atomic E-state index is 0.0151. The lowest BCUT2D eigenvalue weighted by Crippen LogP contribution is -2.30. The lowest BCUT2D eigenvalue weighted by Gasteiger charge is -2.19. The maximum Gasteiger partial charge on any atom is 0.245 e. The largest absolute Gasteiger partial charge is 0.490 e. The molecule has 1 aromatic carbocycles. The van der Waals surface area contributed by atoms with Crippen LogP contribution in [0.4, 0.5) is 0 Å². The number of nitrogens with zero attached hydrogens (tertiary/aromatic N) is 1. The van der Waals surface area contributed by atoms with Gasteiger partial charge in [0.1, 0.15) is 5.38 Å². The highest BCUT2D eigenvalue weighted by atomic mass is 35.5. The summed E-state index contributed by atoms with van der Waals surface area (Å²) >= 11 is 6.33. The zero-order valence-electron chi connectivity index (χ0n) is 11.3. The van der Waals surface area contributed by atoms with Crippen LogP contribution in [0.3, 0.4) is 0 Å². The van der Waals surface area contributed by atoms with Gasteiger partial charge in [-0.3, -0.25) is 4.79 Å². The minimum Gasteiger partial charge on any atom is -0.490 e. The van der Waals surface area contributed by atoms with Gasteiger partial charge in [-0.1, -0.05) is 6.07 Å². The number of carbonyl (C=O) groups excluding carboxylic acids is 1. The molecule has 3 rings (SSSR count). The number of carbonyl (C=O) groups is 1. The van der Waals surface area contributed by atoms with E-state index in [4.69, 9.17) is 21.1 Å². The Morgan fingerprint density at radius 2 is 1.80 bits per heavy atom. The number of rotatable bonds is 2. The van der Waals surface area contributed by atoms with E-state index in [2.05, 4.69) is 0 Å². The molecule has 108 valence electrons. The van der Waals surface area contributed by atoms with Crippen molar-refractivity contribution in [1.82, 2.24) is 4.90 Å². The first-order chi connectivity index (χ1) is 9.75. The third-order valence-electron chi connectivity index (χ3n) is 3.70. The molecule has 1 unspecified atom stereocenters. The van der Waals surface area contributed by atoms with Crippen molar-refractivity contribution in [1.29, 1.82) is 0 Å². The molecule has 0 aliphatic carbocycles. The molecular weight excluding hydrogens is 278 g/mol. The quantitative estimate of drug-likeness (QED) is 0.788. The van der Waals surface area contributed by atoms with Gasteiger partial charge in [-0.15, -0.1) is 11.6 Å². The highest BCUT2D eigenvalue weighted by Crippen LogP contribution is 2.35. The summed E-state index contributed by atoms with van der Waals surface area (Å²) in [7, 11) is 0. The smallest absolute Gasteiger partial charge is 0.245 e. The number of hydrogen-bond acceptors (Lipinski definition) is 3. The van der Waals surface area contributed by atoms with Crippen molar-refractivity contribution in [3.8, 4) is 11.5 Å². The van der Waals surface area contributed by atoms with E-state index in [0.717, 1.165) is 43.7 Å². The maximum absolute atomic E-state index is 12.3. The third kappa shape index (κ3) is 2.70. The van der Waals surface area contributed by atoms with Crippen LogP contribution in [0, 0.1) is 0 Å². The van der Waals surface area contributed by atoms with E-state index in [1.165, 1.54) is 0 Å². The summed E-state index contributed by atoms with van der Waals surface area (Å²) in [5.41, 5.74) is 0.771. The second-order valence-corrected chi connectivity index (χ2v) is 5.59. The van der Waals surface area contributed by atoms with E-state index in [1.807, 2.05) is 23.1 Å². The normalized spacial score (nSPS) is 19.6. The summed E-state index contributed by atoms with van der Waals surface area (Å²) < 4.78 is 11.2. The molecule has 2 aliphatic heterocycles. The fraction of sp³-hybridized carbons (Fsp3) is 0.533. The van der Waals surface area contributed by atoms with Gasteiger partial charge in [-0.25, -0.2) is 0 Å². The van der Waals surface area contributed by atoms with Crippen molar-refractivity contribution in [2.75, 3.05) is 26.3 Å². The molecule has 0 N–H and O–H groups in total. The molecule has 2 aliphatic rings. The molecule has 1 saturated heterocycles. The molecule has 5 heteroatoms. The van der Waals surface area contributed by atoms with Gasteiger partial charge in [0, 0.05) is 19.5 Å². The summed E-state index contributed by atoms with van der Waals surface area (Å²) in [6.45, 7) is 2.91. The average molecular weight is 296 g/mol. The lowest BCUT2D eigenvalue weighted by molar-refractivity contribution is -0.129. The Morgan fingerprint density at radius 1 is 1.10 bits per heavy atom. The van der Waals surface area contributed by atoms with E-state index in [-0.39, 0.29) is 5.91 Å². The number of ether oxygens (including phenoxy) is 2. The summed E-state index contributed by atoms with van der Waals surface area (Å²) in [4.78, 5) is 14.1. The molecule has 4 nitrogen and oxygen atoms in total. The van der Waals surface area contributed by atoms with Gasteiger partial charge >= 0.3 is 0 Å². The average Bonchev–Trinajstić information content (AvgIpc) is 2.91. The number of likely N-dealkylation sites (tertiary alicyclic amines) is 1. The molecule has 1 aromatic rings. The van der Waals surface area contributed by atoms with Gasteiger partial charge in [-0.05, 0) is 30.5 Å². The molecule has 1 atom stereocenters. The van der Waals surface area contributed by atoms with Crippen LogP contribution in [0.15, 0.2) is 18.2 Å². The molecular formula is C15H18ClNO3. The van der Waals surface area contributed by atoms with Gasteiger partial charge in [0.05, 0.1) is 13.2 Å². The number of alkyl halides is 1. The second kappa shape index (κ2) is 5.92. The van der Waals surface area contributed by atoms with Gasteiger partial charge in [0.2, 0.25) is 5.91 Å². The number of halogens is 1. The van der Waals surface area contributed by atoms with Crippen LogP contribution < -0.4 is 9.47 Å². The predicted molar refractivity (Wildman–Crippen MR) is 76.5 cm³/mol. The Bertz CT molecular complexity index is 500. The standard InChI is InChI=1S/C15H18ClNO3/c16-14(15(18)17-6-1-2-7-17)11-4-5-12-13(10-11)20-9-3-8-19-12/h4-5,10,14H,1-3,6-9H2. The van der Waals surface area contributed by atoms with Crippen molar-refractivity contribution in [2.45, 2.75) is 24.6 Å². The molecule has 1 amide bonds. The highest BCUT2D eigenvalue weighted by molar-refractivity contribution is 6.30. The summed E-state index contributed by atoms with van der Waals surface area (Å²) in [5, 5.41) is -0.648. The van der Waals surface area contributed by atoms with Gasteiger partial charge in [0.25, 0.3) is 0 Å². The van der Waals surface area contributed by atoms with Crippen LogP contribution in [0.1, 0.15) is 30.2 Å². The van der Waals surface area contributed by atoms with Crippen LogP contribution >= 0.6 is 11.6 Å². The van der Waals surface area contributed by atoms with E-state index in [0.29, 0.717) is 19.0 Å². The van der Waals surface area contributed by atoms with Crippen LogP contribution in [0.25, 0.3) is 0 Å². The number of hydrogen-bond donors (Lipinski definition) is 0. The van der Waals surface area contributed by atoms with Crippen LogP contribution in [0.5, 0.6) is 11.5 Å². The Kier molecular flexibility index (Phi) is 4.01. The van der Waals surface area contributed by atoms with Crippen LogP contribution in [-0.2, 0) is 4.79 Å².